The first-order chi connectivity index (χ1) is 15.8. The van der Waals surface area contributed by atoms with Gasteiger partial charge in [0.2, 0.25) is 0 Å². The summed E-state index contributed by atoms with van der Waals surface area (Å²) in [6.07, 6.45) is 5.79. The molecule has 0 radical (unpaired) electrons. The van der Waals surface area contributed by atoms with Crippen molar-refractivity contribution in [2.75, 3.05) is 0 Å². The van der Waals surface area contributed by atoms with Crippen LogP contribution in [0.3, 0.4) is 0 Å². The Morgan fingerprint density at radius 1 is 0.438 bits per heavy atom. The lowest BCUT2D eigenvalue weighted by molar-refractivity contribution is 1.31. The van der Waals surface area contributed by atoms with Crippen LogP contribution in [0.15, 0.2) is 115 Å². The highest BCUT2D eigenvalue weighted by Gasteiger charge is 2.09. The third kappa shape index (κ3) is 4.05. The van der Waals surface area contributed by atoms with E-state index in [9.17, 15) is 0 Å². The number of hydrogen-bond acceptors (Lipinski definition) is 2. The lowest BCUT2D eigenvalue weighted by atomic mass is 10.00. The van der Waals surface area contributed by atoms with Gasteiger partial charge >= 0.3 is 0 Å². The smallest absolute Gasteiger partial charge is 0.0710 e. The van der Waals surface area contributed by atoms with Gasteiger partial charge in [-0.2, -0.15) is 0 Å². The zero-order valence-electron chi connectivity index (χ0n) is 17.4. The van der Waals surface area contributed by atoms with Crippen LogP contribution < -0.4 is 0 Å². The highest BCUT2D eigenvalue weighted by molar-refractivity contribution is 5.75. The average Bonchev–Trinajstić information content (AvgIpc) is 2.89. The molecule has 0 N–H and O–H groups in total. The zero-order chi connectivity index (χ0) is 21.8. The topological polar surface area (TPSA) is 25.8 Å². The van der Waals surface area contributed by atoms with Gasteiger partial charge in [0, 0.05) is 27.8 Å². The molecule has 0 unspecified atom stereocenters. The lowest BCUT2D eigenvalue weighted by Gasteiger charge is -2.10. The van der Waals surface area contributed by atoms with E-state index in [1.807, 2.05) is 84.9 Å². The second kappa shape index (κ2) is 8.71. The van der Waals surface area contributed by atoms with Gasteiger partial charge in [-0.15, -0.1) is 6.42 Å². The molecule has 2 nitrogen and oxygen atoms in total. The van der Waals surface area contributed by atoms with Crippen LogP contribution in [0.25, 0.3) is 45.0 Å². The van der Waals surface area contributed by atoms with E-state index in [4.69, 9.17) is 16.4 Å². The van der Waals surface area contributed by atoms with Crippen LogP contribution in [0.5, 0.6) is 0 Å². The Labute approximate surface area is 188 Å². The molecule has 5 aromatic rings. The highest BCUT2D eigenvalue weighted by Crippen LogP contribution is 2.29. The van der Waals surface area contributed by atoms with Crippen LogP contribution in [0.4, 0.5) is 0 Å². The minimum absolute atomic E-state index is 0.802. The minimum Gasteiger partial charge on any atom is -0.248 e. The third-order valence-electron chi connectivity index (χ3n) is 5.33. The van der Waals surface area contributed by atoms with Gasteiger partial charge in [0.1, 0.15) is 0 Å². The maximum atomic E-state index is 5.79. The van der Waals surface area contributed by atoms with Gasteiger partial charge in [0.15, 0.2) is 0 Å². The van der Waals surface area contributed by atoms with Gasteiger partial charge in [-0.3, -0.25) is 0 Å². The van der Waals surface area contributed by atoms with E-state index < -0.39 is 0 Å². The molecule has 150 valence electrons. The molecule has 0 spiro atoms. The van der Waals surface area contributed by atoms with Crippen molar-refractivity contribution in [2.24, 2.45) is 0 Å². The number of terminal acetylenes is 1. The fourth-order valence-electron chi connectivity index (χ4n) is 3.74. The summed E-state index contributed by atoms with van der Waals surface area (Å²) in [7, 11) is 0. The summed E-state index contributed by atoms with van der Waals surface area (Å²) in [6, 6.07) is 38.6. The van der Waals surface area contributed by atoms with E-state index >= 15 is 0 Å². The molecule has 0 aliphatic rings. The number of pyridine rings is 2. The van der Waals surface area contributed by atoms with Crippen molar-refractivity contribution in [3.63, 3.8) is 0 Å². The number of rotatable bonds is 4. The molecule has 0 saturated carbocycles. The number of benzene rings is 3. The van der Waals surface area contributed by atoms with E-state index in [0.29, 0.717) is 0 Å². The molecule has 0 aliphatic carbocycles. The van der Waals surface area contributed by atoms with Gasteiger partial charge in [0.25, 0.3) is 0 Å². The van der Waals surface area contributed by atoms with E-state index in [0.717, 1.165) is 50.6 Å². The predicted molar refractivity (Wildman–Crippen MR) is 132 cm³/mol. The van der Waals surface area contributed by atoms with E-state index in [1.165, 1.54) is 0 Å². The Morgan fingerprint density at radius 2 is 0.844 bits per heavy atom. The Hall–Kier alpha value is -4.48. The van der Waals surface area contributed by atoms with Crippen molar-refractivity contribution in [3.05, 3.63) is 121 Å². The van der Waals surface area contributed by atoms with Crippen molar-refractivity contribution in [2.45, 2.75) is 0 Å². The lowest BCUT2D eigenvalue weighted by Crippen LogP contribution is -1.92. The summed E-state index contributed by atoms with van der Waals surface area (Å²) in [5.41, 5.74) is 8.53. The molecule has 0 aliphatic heterocycles. The molecular weight excluding hydrogens is 388 g/mol. The van der Waals surface area contributed by atoms with E-state index in [-0.39, 0.29) is 0 Å². The van der Waals surface area contributed by atoms with Crippen LogP contribution >= 0.6 is 0 Å². The number of nitrogens with zero attached hydrogens (tertiary/aromatic N) is 2. The van der Waals surface area contributed by atoms with Gasteiger partial charge in [-0.05, 0) is 42.5 Å². The van der Waals surface area contributed by atoms with Crippen LogP contribution in [-0.4, -0.2) is 9.97 Å². The standard InChI is InChI=1S/C30H20N2/c1-2-22-19-25(29-17-9-15-27(31-29)23-11-5-3-6-12-23)21-26(20-22)30-18-10-16-28(32-30)24-13-7-4-8-14-24/h1,3-21H. The molecule has 32 heavy (non-hydrogen) atoms. The Morgan fingerprint density at radius 3 is 1.25 bits per heavy atom. The van der Waals surface area contributed by atoms with Crippen molar-refractivity contribution >= 4 is 0 Å². The molecule has 0 saturated heterocycles. The van der Waals surface area contributed by atoms with Gasteiger partial charge < -0.3 is 0 Å². The Bertz CT molecular complexity index is 1310. The zero-order valence-corrected chi connectivity index (χ0v) is 17.4. The molecule has 2 heteroatoms. The molecule has 2 aromatic heterocycles. The quantitative estimate of drug-likeness (QED) is 0.296. The predicted octanol–water partition coefficient (Wildman–Crippen LogP) is 7.13. The number of hydrogen-bond donors (Lipinski definition) is 0. The van der Waals surface area contributed by atoms with Crippen molar-refractivity contribution in [1.82, 2.24) is 9.97 Å². The largest absolute Gasteiger partial charge is 0.248 e. The Balaban J connectivity index is 1.59. The SMILES string of the molecule is C#Cc1cc(-c2cccc(-c3ccccc3)n2)cc(-c2cccc(-c3ccccc3)n2)c1. The molecule has 2 heterocycles. The first kappa shape index (κ1) is 19.5. The average molecular weight is 409 g/mol. The monoisotopic (exact) mass is 408 g/mol. The maximum absolute atomic E-state index is 5.79. The molecular formula is C30H20N2. The third-order valence-corrected chi connectivity index (χ3v) is 5.33. The second-order valence-electron chi connectivity index (χ2n) is 7.49. The molecule has 0 amide bonds. The second-order valence-corrected chi connectivity index (χ2v) is 7.49. The van der Waals surface area contributed by atoms with Crippen LogP contribution in [0.1, 0.15) is 5.56 Å². The summed E-state index contributed by atoms with van der Waals surface area (Å²) in [4.78, 5) is 9.80. The highest BCUT2D eigenvalue weighted by atomic mass is 14.7. The fraction of sp³-hybridized carbons (Fsp3) is 0. The fourth-order valence-corrected chi connectivity index (χ4v) is 3.74. The summed E-state index contributed by atoms with van der Waals surface area (Å²) in [5, 5.41) is 0. The van der Waals surface area contributed by atoms with Gasteiger partial charge in [-0.1, -0.05) is 78.7 Å². The van der Waals surface area contributed by atoms with Crippen molar-refractivity contribution in [3.8, 4) is 57.4 Å². The normalized spacial score (nSPS) is 10.5. The summed E-state index contributed by atoms with van der Waals surface area (Å²) in [6.45, 7) is 0. The molecule has 0 bridgehead atoms. The molecule has 5 rings (SSSR count). The summed E-state index contributed by atoms with van der Waals surface area (Å²) in [5.74, 6) is 2.78. The van der Waals surface area contributed by atoms with Crippen molar-refractivity contribution in [1.29, 1.82) is 0 Å². The molecule has 0 atom stereocenters. The maximum Gasteiger partial charge on any atom is 0.0710 e. The first-order valence-electron chi connectivity index (χ1n) is 10.5. The van der Waals surface area contributed by atoms with Crippen LogP contribution in [0.2, 0.25) is 0 Å². The molecule has 0 fully saturated rings. The van der Waals surface area contributed by atoms with Gasteiger partial charge in [-0.25, -0.2) is 9.97 Å². The van der Waals surface area contributed by atoms with E-state index in [2.05, 4.69) is 36.3 Å². The van der Waals surface area contributed by atoms with Crippen LogP contribution in [0, 0.1) is 12.3 Å². The minimum atomic E-state index is 0.802. The van der Waals surface area contributed by atoms with E-state index in [1.54, 1.807) is 0 Å². The van der Waals surface area contributed by atoms with Gasteiger partial charge in [0.05, 0.1) is 22.8 Å². The van der Waals surface area contributed by atoms with Crippen LogP contribution in [-0.2, 0) is 0 Å². The number of aromatic nitrogens is 2. The summed E-state index contributed by atoms with van der Waals surface area (Å²) < 4.78 is 0. The summed E-state index contributed by atoms with van der Waals surface area (Å²) >= 11 is 0. The molecule has 3 aromatic carbocycles. The Kier molecular flexibility index (Phi) is 5.31. The first-order valence-corrected chi connectivity index (χ1v) is 10.5. The van der Waals surface area contributed by atoms with Crippen molar-refractivity contribution < 1.29 is 0 Å².